The van der Waals surface area contributed by atoms with Crippen LogP contribution in [0.3, 0.4) is 0 Å². The van der Waals surface area contributed by atoms with Crippen molar-refractivity contribution in [3.05, 3.63) is 35.9 Å². The lowest BCUT2D eigenvalue weighted by Gasteiger charge is -2.30. The smallest absolute Gasteiger partial charge is 0.330 e. The molecule has 0 aliphatic rings. The second kappa shape index (κ2) is 6.07. The van der Waals surface area contributed by atoms with Crippen molar-refractivity contribution in [3.63, 3.8) is 0 Å². The highest BCUT2D eigenvalue weighted by Crippen LogP contribution is 2.26. The number of nitrogens with one attached hydrogen (secondary N) is 1. The van der Waals surface area contributed by atoms with Gasteiger partial charge >= 0.3 is 5.97 Å². The van der Waals surface area contributed by atoms with Crippen LogP contribution in [0.5, 0.6) is 0 Å². The normalized spacial score (nSPS) is 13.5. The van der Waals surface area contributed by atoms with E-state index in [9.17, 15) is 4.79 Å². The van der Waals surface area contributed by atoms with Crippen LogP contribution in [0.25, 0.3) is 0 Å². The Balaban J connectivity index is 3.17. The summed E-state index contributed by atoms with van der Waals surface area (Å²) in [6.07, 6.45) is 5.82. The van der Waals surface area contributed by atoms with Gasteiger partial charge in [-0.2, -0.15) is 0 Å². The van der Waals surface area contributed by atoms with Crippen LogP contribution in [0.1, 0.15) is 18.9 Å². The number of carbonyl (C=O) groups is 1. The van der Waals surface area contributed by atoms with Crippen molar-refractivity contribution in [1.82, 2.24) is 5.32 Å². The molecule has 90 valence electrons. The van der Waals surface area contributed by atoms with Gasteiger partial charge < -0.3 is 4.74 Å². The third kappa shape index (κ3) is 2.66. The third-order valence-corrected chi connectivity index (χ3v) is 2.82. The molecule has 1 atom stereocenters. The molecule has 1 rings (SSSR count). The van der Waals surface area contributed by atoms with Crippen LogP contribution in [-0.2, 0) is 15.1 Å². The minimum atomic E-state index is -0.859. The summed E-state index contributed by atoms with van der Waals surface area (Å²) in [5, 5.41) is 3.09. The lowest BCUT2D eigenvalue weighted by atomic mass is 9.87. The summed E-state index contributed by atoms with van der Waals surface area (Å²) in [7, 11) is 1.38. The standard InChI is InChI=1S/C14H17NO2/c1-4-11-15-14(5-2,13(16)17-3)12-9-7-6-8-10-12/h1,6-10,15H,5,11H2,2-3H3. The molecule has 0 heterocycles. The molecule has 3 heteroatoms. The van der Waals surface area contributed by atoms with Gasteiger partial charge in [-0.1, -0.05) is 43.2 Å². The Morgan fingerprint density at radius 2 is 2.12 bits per heavy atom. The Labute approximate surface area is 102 Å². The minimum absolute atomic E-state index is 0.317. The van der Waals surface area contributed by atoms with Crippen LogP contribution in [0.15, 0.2) is 30.3 Å². The molecule has 0 amide bonds. The number of benzene rings is 1. The molecule has 0 saturated carbocycles. The number of ether oxygens (including phenoxy) is 1. The van der Waals surface area contributed by atoms with Crippen molar-refractivity contribution >= 4 is 5.97 Å². The average molecular weight is 231 g/mol. The third-order valence-electron chi connectivity index (χ3n) is 2.82. The molecular formula is C14H17NO2. The first-order valence-electron chi connectivity index (χ1n) is 5.53. The molecule has 0 bridgehead atoms. The zero-order chi connectivity index (χ0) is 12.7. The summed E-state index contributed by atoms with van der Waals surface area (Å²) in [5.41, 5.74) is 0.00662. The number of rotatable bonds is 5. The minimum Gasteiger partial charge on any atom is -0.467 e. The average Bonchev–Trinajstić information content (AvgIpc) is 2.41. The Bertz CT molecular complexity index is 408. The van der Waals surface area contributed by atoms with Gasteiger partial charge in [0.1, 0.15) is 5.54 Å². The highest BCUT2D eigenvalue weighted by molar-refractivity contribution is 5.82. The zero-order valence-corrected chi connectivity index (χ0v) is 10.2. The van der Waals surface area contributed by atoms with E-state index in [4.69, 9.17) is 11.2 Å². The number of hydrogen-bond acceptors (Lipinski definition) is 3. The molecule has 17 heavy (non-hydrogen) atoms. The quantitative estimate of drug-likeness (QED) is 0.619. The molecule has 1 unspecified atom stereocenters. The van der Waals surface area contributed by atoms with Crippen LogP contribution in [0.4, 0.5) is 0 Å². The number of terminal acetylenes is 1. The SMILES string of the molecule is C#CCNC(CC)(C(=O)OC)c1ccccc1. The monoisotopic (exact) mass is 231 g/mol. The van der Waals surface area contributed by atoms with E-state index in [0.717, 1.165) is 5.56 Å². The second-order valence-electron chi connectivity index (χ2n) is 3.67. The van der Waals surface area contributed by atoms with Gasteiger partial charge in [0.2, 0.25) is 0 Å². The summed E-state index contributed by atoms with van der Waals surface area (Å²) < 4.78 is 4.89. The molecule has 1 N–H and O–H groups in total. The molecule has 0 aromatic heterocycles. The largest absolute Gasteiger partial charge is 0.467 e. The van der Waals surface area contributed by atoms with E-state index in [2.05, 4.69) is 11.2 Å². The van der Waals surface area contributed by atoms with Crippen LogP contribution in [-0.4, -0.2) is 19.6 Å². The van der Waals surface area contributed by atoms with Gasteiger partial charge in [0.15, 0.2) is 0 Å². The summed E-state index contributed by atoms with van der Waals surface area (Å²) in [4.78, 5) is 12.0. The van der Waals surface area contributed by atoms with E-state index >= 15 is 0 Å². The molecular weight excluding hydrogens is 214 g/mol. The highest BCUT2D eigenvalue weighted by atomic mass is 16.5. The Morgan fingerprint density at radius 1 is 1.47 bits per heavy atom. The maximum absolute atomic E-state index is 12.0. The molecule has 0 fully saturated rings. The van der Waals surface area contributed by atoms with E-state index in [1.54, 1.807) is 0 Å². The molecule has 0 spiro atoms. The molecule has 0 radical (unpaired) electrons. The lowest BCUT2D eigenvalue weighted by molar-refractivity contribution is -0.149. The first-order chi connectivity index (χ1) is 8.21. The first kappa shape index (κ1) is 13.3. The fourth-order valence-corrected chi connectivity index (χ4v) is 1.86. The van der Waals surface area contributed by atoms with E-state index < -0.39 is 5.54 Å². The fourth-order valence-electron chi connectivity index (χ4n) is 1.86. The van der Waals surface area contributed by atoms with Gasteiger partial charge in [-0.25, -0.2) is 4.79 Å². The van der Waals surface area contributed by atoms with Gasteiger partial charge in [0, 0.05) is 0 Å². The van der Waals surface area contributed by atoms with Crippen molar-refractivity contribution in [2.45, 2.75) is 18.9 Å². The number of esters is 1. The molecule has 1 aromatic carbocycles. The van der Waals surface area contributed by atoms with Gasteiger partial charge in [-0.15, -0.1) is 6.42 Å². The maximum atomic E-state index is 12.0. The predicted octanol–water partition coefficient (Wildman–Crippen LogP) is 1.69. The molecule has 0 aliphatic heterocycles. The van der Waals surface area contributed by atoms with E-state index in [-0.39, 0.29) is 5.97 Å². The summed E-state index contributed by atoms with van der Waals surface area (Å²) >= 11 is 0. The Kier molecular flexibility index (Phi) is 4.74. The summed E-state index contributed by atoms with van der Waals surface area (Å²) in [5.74, 6) is 2.17. The van der Waals surface area contributed by atoms with Gasteiger partial charge in [-0.05, 0) is 12.0 Å². The lowest BCUT2D eigenvalue weighted by Crippen LogP contribution is -2.49. The molecule has 0 saturated heterocycles. The first-order valence-corrected chi connectivity index (χ1v) is 5.53. The van der Waals surface area contributed by atoms with E-state index in [0.29, 0.717) is 13.0 Å². The number of methoxy groups -OCH3 is 1. The van der Waals surface area contributed by atoms with E-state index in [1.165, 1.54) is 7.11 Å². The van der Waals surface area contributed by atoms with Crippen molar-refractivity contribution in [2.24, 2.45) is 0 Å². The Morgan fingerprint density at radius 3 is 2.59 bits per heavy atom. The van der Waals surface area contributed by atoms with Crippen molar-refractivity contribution in [1.29, 1.82) is 0 Å². The van der Waals surface area contributed by atoms with Gasteiger partial charge in [-0.3, -0.25) is 5.32 Å². The maximum Gasteiger partial charge on any atom is 0.330 e. The second-order valence-corrected chi connectivity index (χ2v) is 3.67. The van der Waals surface area contributed by atoms with Crippen molar-refractivity contribution < 1.29 is 9.53 Å². The zero-order valence-electron chi connectivity index (χ0n) is 10.2. The predicted molar refractivity (Wildman–Crippen MR) is 67.3 cm³/mol. The van der Waals surface area contributed by atoms with Gasteiger partial charge in [0.05, 0.1) is 13.7 Å². The van der Waals surface area contributed by atoms with Crippen LogP contribution >= 0.6 is 0 Å². The summed E-state index contributed by atoms with van der Waals surface area (Å²) in [6, 6.07) is 9.47. The highest BCUT2D eigenvalue weighted by Gasteiger charge is 2.38. The summed E-state index contributed by atoms with van der Waals surface area (Å²) in [6.45, 7) is 2.24. The van der Waals surface area contributed by atoms with Crippen LogP contribution in [0, 0.1) is 12.3 Å². The molecule has 3 nitrogen and oxygen atoms in total. The number of carbonyl (C=O) groups excluding carboxylic acids is 1. The van der Waals surface area contributed by atoms with Crippen LogP contribution < -0.4 is 5.32 Å². The van der Waals surface area contributed by atoms with Crippen molar-refractivity contribution in [2.75, 3.05) is 13.7 Å². The Hall–Kier alpha value is -1.79. The van der Waals surface area contributed by atoms with Gasteiger partial charge in [0.25, 0.3) is 0 Å². The van der Waals surface area contributed by atoms with Crippen molar-refractivity contribution in [3.8, 4) is 12.3 Å². The number of hydrogen-bond donors (Lipinski definition) is 1. The fraction of sp³-hybridized carbons (Fsp3) is 0.357. The van der Waals surface area contributed by atoms with E-state index in [1.807, 2.05) is 37.3 Å². The molecule has 0 aliphatic carbocycles. The topological polar surface area (TPSA) is 38.3 Å². The van der Waals surface area contributed by atoms with Crippen LogP contribution in [0.2, 0.25) is 0 Å². The molecule has 1 aromatic rings.